The lowest BCUT2D eigenvalue weighted by atomic mass is 10.4. The number of hydrogen-bond donors (Lipinski definition) is 2. The number of anilines is 2. The highest BCUT2D eigenvalue weighted by molar-refractivity contribution is 5.66. The molecule has 2 aromatic heterocycles. The minimum Gasteiger partial charge on any atom is -0.473 e. The zero-order valence-electron chi connectivity index (χ0n) is 10.8. The molecule has 0 aliphatic rings. The van der Waals surface area contributed by atoms with Gasteiger partial charge in [0.1, 0.15) is 12.0 Å². The Hall–Kier alpha value is -2.38. The fraction of sp³-hybridized carbons (Fsp3) is 0.455. The molecule has 0 aromatic carbocycles. The standard InChI is InChI=1S/C11H16N6O2/c1-7(2)19-11-9(12)10(14-5-15-11)13-4-3-8-16-6-18-17-8/h5-7H,3-4,12H2,1-2H3,(H,13,14,15). The van der Waals surface area contributed by atoms with Gasteiger partial charge in [-0.1, -0.05) is 5.16 Å². The molecule has 0 atom stereocenters. The summed E-state index contributed by atoms with van der Waals surface area (Å²) in [5, 5.41) is 6.80. The highest BCUT2D eigenvalue weighted by Gasteiger charge is 2.10. The molecule has 2 aromatic rings. The summed E-state index contributed by atoms with van der Waals surface area (Å²) in [6, 6.07) is 0. The molecule has 8 heteroatoms. The maximum atomic E-state index is 5.93. The van der Waals surface area contributed by atoms with Gasteiger partial charge in [-0.15, -0.1) is 0 Å². The third-order valence-corrected chi connectivity index (χ3v) is 2.24. The van der Waals surface area contributed by atoms with Gasteiger partial charge in [-0.2, -0.15) is 9.97 Å². The van der Waals surface area contributed by atoms with Crippen LogP contribution in [0.4, 0.5) is 11.5 Å². The van der Waals surface area contributed by atoms with E-state index < -0.39 is 0 Å². The minimum atomic E-state index is 0.00406. The van der Waals surface area contributed by atoms with Gasteiger partial charge in [-0.25, -0.2) is 4.98 Å². The second kappa shape index (κ2) is 5.98. The summed E-state index contributed by atoms with van der Waals surface area (Å²) in [4.78, 5) is 12.0. The summed E-state index contributed by atoms with van der Waals surface area (Å²) in [5.74, 6) is 1.54. The summed E-state index contributed by atoms with van der Waals surface area (Å²) in [6.07, 6.45) is 3.32. The van der Waals surface area contributed by atoms with Gasteiger partial charge in [-0.05, 0) is 13.8 Å². The molecule has 0 saturated heterocycles. The molecule has 0 bridgehead atoms. The molecule has 0 aliphatic heterocycles. The third-order valence-electron chi connectivity index (χ3n) is 2.24. The van der Waals surface area contributed by atoms with Crippen molar-refractivity contribution in [2.45, 2.75) is 26.4 Å². The quantitative estimate of drug-likeness (QED) is 0.790. The van der Waals surface area contributed by atoms with E-state index in [0.29, 0.717) is 36.2 Å². The molecule has 0 aliphatic carbocycles. The van der Waals surface area contributed by atoms with Crippen LogP contribution in [0.25, 0.3) is 0 Å². The van der Waals surface area contributed by atoms with E-state index in [1.807, 2.05) is 13.8 Å². The van der Waals surface area contributed by atoms with Crippen LogP contribution in [0.15, 0.2) is 17.2 Å². The lowest BCUT2D eigenvalue weighted by Gasteiger charge is -2.13. The first-order valence-electron chi connectivity index (χ1n) is 5.93. The van der Waals surface area contributed by atoms with Crippen LogP contribution in [0.2, 0.25) is 0 Å². The van der Waals surface area contributed by atoms with Crippen molar-refractivity contribution in [2.24, 2.45) is 0 Å². The van der Waals surface area contributed by atoms with Crippen molar-refractivity contribution >= 4 is 11.5 Å². The average molecular weight is 264 g/mol. The Morgan fingerprint density at radius 3 is 2.89 bits per heavy atom. The molecule has 0 unspecified atom stereocenters. The van der Waals surface area contributed by atoms with Crippen molar-refractivity contribution in [1.82, 2.24) is 20.1 Å². The Bertz CT molecular complexity index is 514. The predicted octanol–water partition coefficient (Wildman–Crippen LogP) is 0.884. The largest absolute Gasteiger partial charge is 0.473 e. The normalized spacial score (nSPS) is 10.7. The fourth-order valence-electron chi connectivity index (χ4n) is 1.43. The van der Waals surface area contributed by atoms with Gasteiger partial charge in [0.2, 0.25) is 12.3 Å². The van der Waals surface area contributed by atoms with E-state index in [9.17, 15) is 0 Å². The molecule has 19 heavy (non-hydrogen) atoms. The first kappa shape index (κ1) is 13.1. The number of nitrogens with zero attached hydrogens (tertiary/aromatic N) is 4. The van der Waals surface area contributed by atoms with Gasteiger partial charge in [0.05, 0.1) is 6.10 Å². The van der Waals surface area contributed by atoms with E-state index >= 15 is 0 Å². The van der Waals surface area contributed by atoms with Crippen molar-refractivity contribution in [3.05, 3.63) is 18.5 Å². The molecule has 0 amide bonds. The average Bonchev–Trinajstić information content (AvgIpc) is 2.86. The summed E-state index contributed by atoms with van der Waals surface area (Å²) >= 11 is 0. The van der Waals surface area contributed by atoms with Crippen molar-refractivity contribution < 1.29 is 9.26 Å². The van der Waals surface area contributed by atoms with Crippen molar-refractivity contribution in [3.63, 3.8) is 0 Å². The molecule has 3 N–H and O–H groups in total. The number of nitrogen functional groups attached to an aromatic ring is 1. The maximum absolute atomic E-state index is 5.93. The topological polar surface area (TPSA) is 112 Å². The number of rotatable bonds is 6. The van der Waals surface area contributed by atoms with E-state index in [-0.39, 0.29) is 6.10 Å². The summed E-state index contributed by atoms with van der Waals surface area (Å²) in [6.45, 7) is 4.40. The van der Waals surface area contributed by atoms with Crippen LogP contribution in [0.1, 0.15) is 19.7 Å². The summed E-state index contributed by atoms with van der Waals surface area (Å²) < 4.78 is 10.1. The van der Waals surface area contributed by atoms with Crippen LogP contribution in [0, 0.1) is 0 Å². The van der Waals surface area contributed by atoms with Crippen LogP contribution in [-0.4, -0.2) is 32.8 Å². The predicted molar refractivity (Wildman–Crippen MR) is 68.7 cm³/mol. The second-order valence-electron chi connectivity index (χ2n) is 4.13. The molecule has 2 heterocycles. The lowest BCUT2D eigenvalue weighted by Crippen LogP contribution is -2.13. The fourth-order valence-corrected chi connectivity index (χ4v) is 1.43. The third kappa shape index (κ3) is 3.54. The van der Waals surface area contributed by atoms with E-state index in [1.54, 1.807) is 0 Å². The Balaban J connectivity index is 1.96. The van der Waals surface area contributed by atoms with Crippen molar-refractivity contribution in [1.29, 1.82) is 0 Å². The number of ether oxygens (including phenoxy) is 1. The second-order valence-corrected chi connectivity index (χ2v) is 4.13. The van der Waals surface area contributed by atoms with Crippen LogP contribution >= 0.6 is 0 Å². The van der Waals surface area contributed by atoms with E-state index in [4.69, 9.17) is 10.5 Å². The van der Waals surface area contributed by atoms with Crippen LogP contribution < -0.4 is 15.8 Å². The highest BCUT2D eigenvalue weighted by Crippen LogP contribution is 2.25. The lowest BCUT2D eigenvalue weighted by molar-refractivity contribution is 0.234. The Kier molecular flexibility index (Phi) is 4.11. The SMILES string of the molecule is CC(C)Oc1ncnc(NCCc2ncon2)c1N. The first-order valence-corrected chi connectivity index (χ1v) is 5.93. The van der Waals surface area contributed by atoms with Crippen molar-refractivity contribution in [3.8, 4) is 5.88 Å². The molecule has 0 saturated carbocycles. The van der Waals surface area contributed by atoms with Gasteiger partial charge in [0, 0.05) is 13.0 Å². The molecular formula is C11H16N6O2. The van der Waals surface area contributed by atoms with Crippen LogP contribution in [0.5, 0.6) is 5.88 Å². The van der Waals surface area contributed by atoms with E-state index in [1.165, 1.54) is 12.7 Å². The Labute approximate surface area is 110 Å². The highest BCUT2D eigenvalue weighted by atomic mass is 16.5. The molecular weight excluding hydrogens is 248 g/mol. The van der Waals surface area contributed by atoms with Crippen molar-refractivity contribution in [2.75, 3.05) is 17.6 Å². The molecule has 0 fully saturated rings. The van der Waals surface area contributed by atoms with E-state index in [2.05, 4.69) is 29.9 Å². The zero-order chi connectivity index (χ0) is 13.7. The summed E-state index contributed by atoms with van der Waals surface area (Å²) in [7, 11) is 0. The number of nitrogens with two attached hydrogens (primary N) is 1. The molecule has 102 valence electrons. The van der Waals surface area contributed by atoms with Gasteiger partial charge in [-0.3, -0.25) is 0 Å². The smallest absolute Gasteiger partial charge is 0.242 e. The number of nitrogens with one attached hydrogen (secondary N) is 1. The van der Waals surface area contributed by atoms with Gasteiger partial charge < -0.3 is 20.3 Å². The molecule has 8 nitrogen and oxygen atoms in total. The molecule has 0 radical (unpaired) electrons. The van der Waals surface area contributed by atoms with Gasteiger partial charge in [0.15, 0.2) is 11.6 Å². The summed E-state index contributed by atoms with van der Waals surface area (Å²) in [5.41, 5.74) is 6.32. The molecule has 2 rings (SSSR count). The Morgan fingerprint density at radius 1 is 1.37 bits per heavy atom. The Morgan fingerprint density at radius 2 is 2.21 bits per heavy atom. The molecule has 0 spiro atoms. The zero-order valence-corrected chi connectivity index (χ0v) is 10.8. The number of aromatic nitrogens is 4. The minimum absolute atomic E-state index is 0.00406. The van der Waals surface area contributed by atoms with Crippen LogP contribution in [-0.2, 0) is 6.42 Å². The monoisotopic (exact) mass is 264 g/mol. The maximum Gasteiger partial charge on any atom is 0.242 e. The number of hydrogen-bond acceptors (Lipinski definition) is 8. The van der Waals surface area contributed by atoms with Gasteiger partial charge >= 0.3 is 0 Å². The van der Waals surface area contributed by atoms with E-state index in [0.717, 1.165) is 0 Å². The first-order chi connectivity index (χ1) is 9.16. The van der Waals surface area contributed by atoms with Crippen LogP contribution in [0.3, 0.4) is 0 Å². The van der Waals surface area contributed by atoms with Gasteiger partial charge in [0.25, 0.3) is 0 Å².